The van der Waals surface area contributed by atoms with E-state index < -0.39 is 5.82 Å². The second-order valence-corrected chi connectivity index (χ2v) is 5.09. The van der Waals surface area contributed by atoms with Crippen LogP contribution in [0.25, 0.3) is 0 Å². The monoisotopic (exact) mass is 322 g/mol. The van der Waals surface area contributed by atoms with Crippen molar-refractivity contribution in [2.75, 3.05) is 5.32 Å². The zero-order chi connectivity index (χ0) is 15.4. The first-order valence-corrected chi connectivity index (χ1v) is 6.68. The summed E-state index contributed by atoms with van der Waals surface area (Å²) in [5, 5.41) is 11.3. The molecule has 0 radical (unpaired) electrons. The number of hydrogen-bond acceptors (Lipinski definition) is 2. The normalized spacial score (nSPS) is 10.0. The highest BCUT2D eigenvalue weighted by Gasteiger charge is 2.12. The van der Waals surface area contributed by atoms with Crippen LogP contribution in [0.1, 0.15) is 11.1 Å². The number of amides is 1. The van der Waals surface area contributed by atoms with Crippen molar-refractivity contribution in [1.82, 2.24) is 0 Å². The number of anilines is 1. The van der Waals surface area contributed by atoms with E-state index >= 15 is 0 Å². The Bertz CT molecular complexity index is 700. The van der Waals surface area contributed by atoms with Crippen molar-refractivity contribution < 1.29 is 9.18 Å². The Kier molecular flexibility index (Phi) is 4.79. The molecule has 2 aromatic carbocycles. The summed E-state index contributed by atoms with van der Waals surface area (Å²) in [6, 6.07) is 10.8. The van der Waals surface area contributed by atoms with Gasteiger partial charge in [-0.3, -0.25) is 4.79 Å². The van der Waals surface area contributed by atoms with Crippen LogP contribution in [0, 0.1) is 17.1 Å². The Balaban J connectivity index is 2.10. The number of halogens is 3. The molecule has 2 rings (SSSR count). The highest BCUT2D eigenvalue weighted by molar-refractivity contribution is 6.39. The fourth-order valence-corrected chi connectivity index (χ4v) is 2.28. The van der Waals surface area contributed by atoms with Gasteiger partial charge in [-0.2, -0.15) is 5.26 Å². The van der Waals surface area contributed by atoms with E-state index in [0.29, 0.717) is 5.56 Å². The fraction of sp³-hybridized carbons (Fsp3) is 0.0667. The van der Waals surface area contributed by atoms with E-state index in [4.69, 9.17) is 28.5 Å². The molecule has 21 heavy (non-hydrogen) atoms. The number of nitrogens with one attached hydrogen (secondary N) is 1. The van der Waals surface area contributed by atoms with Crippen LogP contribution < -0.4 is 5.32 Å². The molecule has 0 heterocycles. The van der Waals surface area contributed by atoms with Crippen LogP contribution in [-0.4, -0.2) is 5.91 Å². The van der Waals surface area contributed by atoms with Crippen molar-refractivity contribution in [3.05, 3.63) is 63.4 Å². The molecule has 0 aliphatic heterocycles. The smallest absolute Gasteiger partial charge is 0.228 e. The average Bonchev–Trinajstić information content (AvgIpc) is 2.43. The Hall–Kier alpha value is -2.09. The maximum Gasteiger partial charge on any atom is 0.228 e. The van der Waals surface area contributed by atoms with Crippen LogP contribution in [0.3, 0.4) is 0 Å². The van der Waals surface area contributed by atoms with Crippen molar-refractivity contribution in [3.63, 3.8) is 0 Å². The first-order valence-electron chi connectivity index (χ1n) is 5.93. The number of nitrogens with zero attached hydrogens (tertiary/aromatic N) is 1. The molecule has 2 aromatic rings. The van der Waals surface area contributed by atoms with E-state index in [-0.39, 0.29) is 28.1 Å². The van der Waals surface area contributed by atoms with Crippen molar-refractivity contribution in [2.45, 2.75) is 6.42 Å². The van der Waals surface area contributed by atoms with E-state index in [9.17, 15) is 9.18 Å². The first kappa shape index (κ1) is 15.3. The van der Waals surface area contributed by atoms with E-state index in [0.717, 1.165) is 17.7 Å². The summed E-state index contributed by atoms with van der Waals surface area (Å²) in [7, 11) is 0. The number of nitriles is 1. The molecule has 3 nitrogen and oxygen atoms in total. The van der Waals surface area contributed by atoms with Crippen LogP contribution in [0.15, 0.2) is 36.4 Å². The summed E-state index contributed by atoms with van der Waals surface area (Å²) in [6.07, 6.45) is 0.0930. The topological polar surface area (TPSA) is 52.9 Å². The molecule has 106 valence electrons. The third-order valence-corrected chi connectivity index (χ3v) is 3.32. The van der Waals surface area contributed by atoms with E-state index in [2.05, 4.69) is 5.32 Å². The van der Waals surface area contributed by atoms with Gasteiger partial charge >= 0.3 is 0 Å². The largest absolute Gasteiger partial charge is 0.323 e. The average molecular weight is 323 g/mol. The number of carbonyl (C=O) groups excluding carboxylic acids is 1. The molecule has 0 bridgehead atoms. The first-order chi connectivity index (χ1) is 9.99. The second-order valence-electron chi connectivity index (χ2n) is 4.28. The summed E-state index contributed by atoms with van der Waals surface area (Å²) in [4.78, 5) is 11.9. The Morgan fingerprint density at radius 1 is 1.19 bits per heavy atom. The minimum Gasteiger partial charge on any atom is -0.323 e. The second kappa shape index (κ2) is 6.57. The number of hydrogen-bond donors (Lipinski definition) is 1. The van der Waals surface area contributed by atoms with Crippen LogP contribution in [-0.2, 0) is 11.2 Å². The summed E-state index contributed by atoms with van der Waals surface area (Å²) < 4.78 is 13.1. The lowest BCUT2D eigenvalue weighted by molar-refractivity contribution is -0.115. The molecule has 1 N–H and O–H groups in total. The fourth-order valence-electron chi connectivity index (χ4n) is 1.73. The maximum atomic E-state index is 13.1. The molecular formula is C15H9Cl2FN2O. The summed E-state index contributed by atoms with van der Waals surface area (Å²) in [5.41, 5.74) is 1.43. The van der Waals surface area contributed by atoms with Crippen LogP contribution in [0.4, 0.5) is 10.1 Å². The molecule has 0 unspecified atom stereocenters. The lowest BCUT2D eigenvalue weighted by atomic mass is 10.1. The highest BCUT2D eigenvalue weighted by Crippen LogP contribution is 2.31. The molecule has 1 amide bonds. The predicted molar refractivity (Wildman–Crippen MR) is 79.9 cm³/mol. The molecule has 6 heteroatoms. The molecule has 0 atom stereocenters. The third-order valence-electron chi connectivity index (χ3n) is 2.72. The van der Waals surface area contributed by atoms with Gasteiger partial charge in [-0.1, -0.05) is 35.3 Å². The van der Waals surface area contributed by atoms with E-state index in [1.807, 2.05) is 6.07 Å². The van der Waals surface area contributed by atoms with Gasteiger partial charge in [0.2, 0.25) is 5.91 Å². The zero-order valence-corrected chi connectivity index (χ0v) is 12.2. The van der Waals surface area contributed by atoms with E-state index in [1.165, 1.54) is 0 Å². The van der Waals surface area contributed by atoms with Crippen molar-refractivity contribution >= 4 is 34.8 Å². The summed E-state index contributed by atoms with van der Waals surface area (Å²) in [6.45, 7) is 0. The standard InChI is InChI=1S/C15H9Cl2FN2O/c16-12-6-11(18)7-13(17)15(12)20-14(21)5-9-1-3-10(8-19)4-2-9/h1-4,6-7H,5H2,(H,20,21). The molecule has 0 spiro atoms. The third kappa shape index (κ3) is 3.94. The minimum atomic E-state index is -0.574. The van der Waals surface area contributed by atoms with E-state index in [1.54, 1.807) is 24.3 Å². The molecule has 0 fully saturated rings. The van der Waals surface area contributed by atoms with Gasteiger partial charge in [0, 0.05) is 0 Å². The number of rotatable bonds is 3. The lowest BCUT2D eigenvalue weighted by Crippen LogP contribution is -2.15. The SMILES string of the molecule is N#Cc1ccc(CC(=O)Nc2c(Cl)cc(F)cc2Cl)cc1. The van der Waals surface area contributed by atoms with Gasteiger partial charge in [-0.15, -0.1) is 0 Å². The highest BCUT2D eigenvalue weighted by atomic mass is 35.5. The Morgan fingerprint density at radius 3 is 2.29 bits per heavy atom. The number of carbonyl (C=O) groups is 1. The lowest BCUT2D eigenvalue weighted by Gasteiger charge is -2.09. The quantitative estimate of drug-likeness (QED) is 0.921. The zero-order valence-electron chi connectivity index (χ0n) is 10.7. The van der Waals surface area contributed by atoms with Gasteiger partial charge in [0.25, 0.3) is 0 Å². The molecule has 0 saturated carbocycles. The van der Waals surface area contributed by atoms with Gasteiger partial charge < -0.3 is 5.32 Å². The predicted octanol–water partition coefficient (Wildman–Crippen LogP) is 4.19. The van der Waals surface area contributed by atoms with Crippen LogP contribution in [0.2, 0.25) is 10.0 Å². The molecule has 0 aliphatic rings. The number of benzene rings is 2. The molecule has 0 aliphatic carbocycles. The summed E-state index contributed by atoms with van der Waals surface area (Å²) >= 11 is 11.7. The van der Waals surface area contributed by atoms with Crippen LogP contribution in [0.5, 0.6) is 0 Å². The summed E-state index contributed by atoms with van der Waals surface area (Å²) in [5.74, 6) is -0.912. The minimum absolute atomic E-state index is 0.0354. The van der Waals surface area contributed by atoms with Gasteiger partial charge in [0.15, 0.2) is 0 Å². The van der Waals surface area contributed by atoms with Crippen molar-refractivity contribution in [1.29, 1.82) is 5.26 Å². The molecule has 0 saturated heterocycles. The van der Waals surface area contributed by atoms with Crippen molar-refractivity contribution in [3.8, 4) is 6.07 Å². The van der Waals surface area contributed by atoms with Gasteiger partial charge in [-0.25, -0.2) is 4.39 Å². The van der Waals surface area contributed by atoms with Crippen LogP contribution >= 0.6 is 23.2 Å². The van der Waals surface area contributed by atoms with Gasteiger partial charge in [0.1, 0.15) is 5.82 Å². The molecular weight excluding hydrogens is 314 g/mol. The maximum absolute atomic E-state index is 13.1. The molecule has 0 aromatic heterocycles. The van der Waals surface area contributed by atoms with Gasteiger partial charge in [-0.05, 0) is 29.8 Å². The Morgan fingerprint density at radius 2 is 1.76 bits per heavy atom. The van der Waals surface area contributed by atoms with Crippen molar-refractivity contribution in [2.24, 2.45) is 0 Å². The Labute approximate surface area is 130 Å². The van der Waals surface area contributed by atoms with Gasteiger partial charge in [0.05, 0.1) is 33.8 Å².